The molecule has 0 aromatic heterocycles. The van der Waals surface area contributed by atoms with Gasteiger partial charge in [0.2, 0.25) is 0 Å². The predicted molar refractivity (Wildman–Crippen MR) is 68.5 cm³/mol. The van der Waals surface area contributed by atoms with Gasteiger partial charge in [0.05, 0.1) is 0 Å². The summed E-state index contributed by atoms with van der Waals surface area (Å²) in [4.78, 5) is 5.13. The quantitative estimate of drug-likeness (QED) is 0.768. The van der Waals surface area contributed by atoms with Crippen molar-refractivity contribution in [2.45, 2.75) is 19.9 Å². The Balaban J connectivity index is 2.15. The van der Waals surface area contributed by atoms with Crippen LogP contribution in [0.1, 0.15) is 25.5 Å². The minimum Gasteiger partial charge on any atom is -0.300 e. The van der Waals surface area contributed by atoms with E-state index >= 15 is 0 Å². The van der Waals surface area contributed by atoms with Crippen LogP contribution in [-0.2, 0) is 0 Å². The minimum absolute atomic E-state index is 0.583. The minimum atomic E-state index is 0.583. The van der Waals surface area contributed by atoms with Crippen LogP contribution in [0.4, 0.5) is 0 Å². The van der Waals surface area contributed by atoms with Crippen molar-refractivity contribution in [3.8, 4) is 0 Å². The fraction of sp³-hybridized carbons (Fsp3) is 0.571. The molecule has 0 amide bonds. The molecule has 1 aliphatic rings. The molecule has 1 aromatic carbocycles. The van der Waals surface area contributed by atoms with Crippen molar-refractivity contribution in [3.05, 3.63) is 35.9 Å². The Hall–Kier alpha value is -0.860. The van der Waals surface area contributed by atoms with E-state index in [0.29, 0.717) is 6.04 Å². The number of rotatable bonds is 3. The van der Waals surface area contributed by atoms with Gasteiger partial charge in [0.15, 0.2) is 0 Å². The van der Waals surface area contributed by atoms with Crippen LogP contribution in [0.3, 0.4) is 0 Å². The molecule has 0 radical (unpaired) electrons. The zero-order valence-corrected chi connectivity index (χ0v) is 10.4. The maximum absolute atomic E-state index is 2.58. The second kappa shape index (κ2) is 5.46. The topological polar surface area (TPSA) is 6.48 Å². The van der Waals surface area contributed by atoms with Crippen molar-refractivity contribution >= 4 is 0 Å². The van der Waals surface area contributed by atoms with Crippen LogP contribution >= 0.6 is 0 Å². The number of hydrogen-bond donors (Lipinski definition) is 0. The number of hydrogen-bond acceptors (Lipinski definition) is 2. The highest BCUT2D eigenvalue weighted by Gasteiger charge is 2.25. The van der Waals surface area contributed by atoms with E-state index in [-0.39, 0.29) is 0 Å². The van der Waals surface area contributed by atoms with E-state index in [1.54, 1.807) is 0 Å². The van der Waals surface area contributed by atoms with Crippen LogP contribution in [0.15, 0.2) is 30.3 Å². The van der Waals surface area contributed by atoms with E-state index in [0.717, 1.165) is 6.54 Å². The molecule has 1 atom stereocenters. The molecule has 0 spiro atoms. The smallest absolute Gasteiger partial charge is 0.0475 e. The number of benzene rings is 1. The summed E-state index contributed by atoms with van der Waals surface area (Å²) in [6.07, 6.45) is 0. The van der Waals surface area contributed by atoms with Gasteiger partial charge >= 0.3 is 0 Å². The van der Waals surface area contributed by atoms with Gasteiger partial charge < -0.3 is 4.90 Å². The Morgan fingerprint density at radius 1 is 1.06 bits per heavy atom. The molecule has 0 bridgehead atoms. The summed E-state index contributed by atoms with van der Waals surface area (Å²) in [7, 11) is 0. The van der Waals surface area contributed by atoms with Crippen molar-refractivity contribution in [2.24, 2.45) is 0 Å². The molecule has 2 heteroatoms. The van der Waals surface area contributed by atoms with E-state index in [1.807, 2.05) is 0 Å². The van der Waals surface area contributed by atoms with Crippen molar-refractivity contribution < 1.29 is 0 Å². The van der Waals surface area contributed by atoms with Crippen molar-refractivity contribution in [1.82, 2.24) is 9.80 Å². The van der Waals surface area contributed by atoms with E-state index in [9.17, 15) is 0 Å². The first kappa shape index (κ1) is 11.6. The van der Waals surface area contributed by atoms with Gasteiger partial charge in [0.25, 0.3) is 0 Å². The molecule has 1 aliphatic heterocycles. The largest absolute Gasteiger partial charge is 0.300 e. The summed E-state index contributed by atoms with van der Waals surface area (Å²) in [5.74, 6) is 0. The molecule has 1 aromatic rings. The standard InChI is InChI=1S/C14H22N2/c1-3-15-10-11-16(4-2)14(12-15)13-8-6-5-7-9-13/h5-9,14H,3-4,10-12H2,1-2H3. The van der Waals surface area contributed by atoms with Gasteiger partial charge in [-0.25, -0.2) is 0 Å². The summed E-state index contributed by atoms with van der Waals surface area (Å²) in [5.41, 5.74) is 1.46. The Labute approximate surface area is 98.9 Å². The summed E-state index contributed by atoms with van der Waals surface area (Å²) in [6, 6.07) is 11.5. The molecule has 0 aliphatic carbocycles. The first-order valence-electron chi connectivity index (χ1n) is 6.36. The van der Waals surface area contributed by atoms with Crippen LogP contribution in [0.5, 0.6) is 0 Å². The van der Waals surface area contributed by atoms with Crippen molar-refractivity contribution in [3.63, 3.8) is 0 Å². The molecular formula is C14H22N2. The Morgan fingerprint density at radius 3 is 2.44 bits per heavy atom. The lowest BCUT2D eigenvalue weighted by atomic mass is 10.0. The van der Waals surface area contributed by atoms with Gasteiger partial charge in [-0.05, 0) is 18.7 Å². The maximum Gasteiger partial charge on any atom is 0.0475 e. The van der Waals surface area contributed by atoms with Gasteiger partial charge in [-0.2, -0.15) is 0 Å². The number of likely N-dealkylation sites (N-methyl/N-ethyl adjacent to an activating group) is 2. The first-order valence-corrected chi connectivity index (χ1v) is 6.36. The fourth-order valence-electron chi connectivity index (χ4n) is 2.53. The van der Waals surface area contributed by atoms with Gasteiger partial charge in [0, 0.05) is 25.7 Å². The first-order chi connectivity index (χ1) is 7.85. The summed E-state index contributed by atoms with van der Waals surface area (Å²) in [6.45, 7) is 10.4. The van der Waals surface area contributed by atoms with Crippen molar-refractivity contribution in [2.75, 3.05) is 32.7 Å². The van der Waals surface area contributed by atoms with Crippen LogP contribution < -0.4 is 0 Å². The van der Waals surface area contributed by atoms with Gasteiger partial charge in [-0.3, -0.25) is 4.90 Å². The lowest BCUT2D eigenvalue weighted by Crippen LogP contribution is -2.48. The monoisotopic (exact) mass is 218 g/mol. The third kappa shape index (κ3) is 2.45. The second-order valence-electron chi connectivity index (χ2n) is 4.45. The Kier molecular flexibility index (Phi) is 3.97. The van der Waals surface area contributed by atoms with E-state index in [1.165, 1.54) is 31.7 Å². The molecule has 16 heavy (non-hydrogen) atoms. The summed E-state index contributed by atoms with van der Waals surface area (Å²) < 4.78 is 0. The van der Waals surface area contributed by atoms with Crippen LogP contribution in [-0.4, -0.2) is 42.5 Å². The maximum atomic E-state index is 2.58. The van der Waals surface area contributed by atoms with E-state index in [4.69, 9.17) is 0 Å². The molecule has 2 rings (SSSR count). The summed E-state index contributed by atoms with van der Waals surface area (Å²) >= 11 is 0. The number of nitrogens with zero attached hydrogens (tertiary/aromatic N) is 2. The van der Waals surface area contributed by atoms with Crippen LogP contribution in [0, 0.1) is 0 Å². The van der Waals surface area contributed by atoms with Crippen molar-refractivity contribution in [1.29, 1.82) is 0 Å². The molecule has 0 N–H and O–H groups in total. The summed E-state index contributed by atoms with van der Waals surface area (Å²) in [5, 5.41) is 0. The Morgan fingerprint density at radius 2 is 1.81 bits per heavy atom. The second-order valence-corrected chi connectivity index (χ2v) is 4.45. The third-order valence-corrected chi connectivity index (χ3v) is 3.61. The van der Waals surface area contributed by atoms with E-state index in [2.05, 4.69) is 54.0 Å². The zero-order valence-electron chi connectivity index (χ0n) is 10.4. The molecular weight excluding hydrogens is 196 g/mol. The highest BCUT2D eigenvalue weighted by Crippen LogP contribution is 2.24. The van der Waals surface area contributed by atoms with E-state index < -0.39 is 0 Å². The Bertz CT molecular complexity index is 310. The molecule has 0 saturated carbocycles. The molecule has 2 nitrogen and oxygen atoms in total. The molecule has 1 heterocycles. The van der Waals surface area contributed by atoms with Gasteiger partial charge in [0.1, 0.15) is 0 Å². The SMILES string of the molecule is CCN1CCN(CC)C(c2ccccc2)C1. The molecule has 1 unspecified atom stereocenters. The highest BCUT2D eigenvalue weighted by molar-refractivity contribution is 5.20. The fourth-order valence-corrected chi connectivity index (χ4v) is 2.53. The molecule has 88 valence electrons. The van der Waals surface area contributed by atoms with Gasteiger partial charge in [-0.1, -0.05) is 44.2 Å². The van der Waals surface area contributed by atoms with Gasteiger partial charge in [-0.15, -0.1) is 0 Å². The lowest BCUT2D eigenvalue weighted by molar-refractivity contribution is 0.0820. The number of piperazine rings is 1. The van der Waals surface area contributed by atoms with Crippen LogP contribution in [0.25, 0.3) is 0 Å². The molecule has 1 saturated heterocycles. The average molecular weight is 218 g/mol. The molecule has 1 fully saturated rings. The highest BCUT2D eigenvalue weighted by atomic mass is 15.3. The predicted octanol–water partition coefficient (Wildman–Crippen LogP) is 2.39. The third-order valence-electron chi connectivity index (χ3n) is 3.61. The average Bonchev–Trinajstić information content (AvgIpc) is 2.39. The normalized spacial score (nSPS) is 23.5. The zero-order chi connectivity index (χ0) is 11.4. The van der Waals surface area contributed by atoms with Crippen LogP contribution in [0.2, 0.25) is 0 Å². The lowest BCUT2D eigenvalue weighted by Gasteiger charge is -2.41.